The molecule has 0 bridgehead atoms. The molecular weight excluding hydrogens is 304 g/mol. The van der Waals surface area contributed by atoms with E-state index < -0.39 is 42.9 Å². The molecule has 1 saturated heterocycles. The summed E-state index contributed by atoms with van der Waals surface area (Å²) in [5.74, 6) is 0. The molecule has 6 unspecified atom stereocenters. The van der Waals surface area contributed by atoms with Crippen molar-refractivity contribution in [3.63, 3.8) is 0 Å². The van der Waals surface area contributed by atoms with Gasteiger partial charge >= 0.3 is 0 Å². The fourth-order valence-corrected chi connectivity index (χ4v) is 2.42. The quantitative estimate of drug-likeness (QED) is 0.439. The molecule has 1 fully saturated rings. The van der Waals surface area contributed by atoms with Crippen LogP contribution in [-0.2, 0) is 9.47 Å². The van der Waals surface area contributed by atoms with Crippen molar-refractivity contribution >= 4 is 0 Å². The maximum atomic E-state index is 9.88. The van der Waals surface area contributed by atoms with Crippen LogP contribution in [0.3, 0.4) is 0 Å². The number of aliphatic hydroxyl groups is 5. The Balaban J connectivity index is 1.86. The lowest BCUT2D eigenvalue weighted by Crippen LogP contribution is -2.59. The minimum absolute atomic E-state index is 0.203. The van der Waals surface area contributed by atoms with Crippen molar-refractivity contribution in [2.45, 2.75) is 49.7 Å². The fraction of sp³-hybridized carbons (Fsp3) is 0.625. The summed E-state index contributed by atoms with van der Waals surface area (Å²) in [4.78, 5) is 0. The fourth-order valence-electron chi connectivity index (χ4n) is 2.42. The first kappa shape index (κ1) is 18.3. The van der Waals surface area contributed by atoms with Crippen LogP contribution in [0, 0.1) is 0 Å². The lowest BCUT2D eigenvalue weighted by Gasteiger charge is -2.39. The highest BCUT2D eigenvalue weighted by Crippen LogP contribution is 2.23. The summed E-state index contributed by atoms with van der Waals surface area (Å²) < 4.78 is 10.7. The molecule has 130 valence electrons. The van der Waals surface area contributed by atoms with Crippen LogP contribution in [0.5, 0.6) is 0 Å². The van der Waals surface area contributed by atoms with Crippen LogP contribution in [0.15, 0.2) is 36.0 Å². The second kappa shape index (κ2) is 7.67. The van der Waals surface area contributed by atoms with Crippen LogP contribution < -0.4 is 0 Å². The average Bonchev–Trinajstić information content (AvgIpc) is 2.68. The average molecular weight is 328 g/mol. The summed E-state index contributed by atoms with van der Waals surface area (Å²) >= 11 is 0. The van der Waals surface area contributed by atoms with Crippen molar-refractivity contribution in [3.8, 4) is 0 Å². The van der Waals surface area contributed by atoms with E-state index in [2.05, 4.69) is 0 Å². The highest BCUT2D eigenvalue weighted by atomic mass is 16.7. The molecule has 0 saturated carbocycles. The van der Waals surface area contributed by atoms with E-state index in [1.54, 1.807) is 31.2 Å². The summed E-state index contributed by atoms with van der Waals surface area (Å²) in [6.45, 7) is 1.38. The molecule has 7 heteroatoms. The van der Waals surface area contributed by atoms with Gasteiger partial charge in [-0.05, 0) is 31.1 Å². The predicted octanol–water partition coefficient (Wildman–Crippen LogP) is -1.00. The van der Waals surface area contributed by atoms with Gasteiger partial charge in [0.2, 0.25) is 0 Å². The lowest BCUT2D eigenvalue weighted by atomic mass is 9.99. The van der Waals surface area contributed by atoms with Crippen molar-refractivity contribution < 1.29 is 35.0 Å². The van der Waals surface area contributed by atoms with E-state index in [0.29, 0.717) is 6.42 Å². The number of ether oxygens (including phenoxy) is 2. The molecule has 1 aliphatic heterocycles. The Bertz CT molecular complexity index is 481. The van der Waals surface area contributed by atoms with Crippen molar-refractivity contribution in [1.29, 1.82) is 0 Å². The zero-order chi connectivity index (χ0) is 17.0. The van der Waals surface area contributed by atoms with Gasteiger partial charge in [-0.1, -0.05) is 18.2 Å². The molecule has 0 amide bonds. The van der Waals surface area contributed by atoms with Crippen LogP contribution in [0.1, 0.15) is 13.3 Å². The second-order valence-electron chi connectivity index (χ2n) is 5.98. The van der Waals surface area contributed by atoms with Gasteiger partial charge in [0.05, 0.1) is 18.8 Å². The first-order chi connectivity index (χ1) is 10.8. The standard InChI is InChI=1S/C16H24O7/c1-16(21)6-2-3-10(4-7-16)5-8-22-15-14(20)13(19)12(18)11(9-17)23-15/h2-4,6-7,11-15,17-21H,5,8-9H2,1H3. The highest BCUT2D eigenvalue weighted by Gasteiger charge is 2.43. The maximum Gasteiger partial charge on any atom is 0.186 e. The Kier molecular flexibility index (Phi) is 6.10. The number of hydrogen-bond donors (Lipinski definition) is 5. The monoisotopic (exact) mass is 328 g/mol. The van der Waals surface area contributed by atoms with E-state index in [9.17, 15) is 20.4 Å². The van der Waals surface area contributed by atoms with Gasteiger partial charge in [-0.15, -0.1) is 0 Å². The normalized spacial score (nSPS) is 40.8. The van der Waals surface area contributed by atoms with Crippen molar-refractivity contribution in [3.05, 3.63) is 36.0 Å². The van der Waals surface area contributed by atoms with E-state index in [4.69, 9.17) is 14.6 Å². The smallest absolute Gasteiger partial charge is 0.186 e. The third-order valence-corrected chi connectivity index (χ3v) is 3.90. The van der Waals surface area contributed by atoms with Gasteiger partial charge < -0.3 is 35.0 Å². The molecule has 23 heavy (non-hydrogen) atoms. The van der Waals surface area contributed by atoms with Crippen LogP contribution >= 0.6 is 0 Å². The van der Waals surface area contributed by atoms with Gasteiger partial charge in [0, 0.05) is 0 Å². The summed E-state index contributed by atoms with van der Waals surface area (Å²) in [5.41, 5.74) is -0.0697. The molecule has 7 nitrogen and oxygen atoms in total. The SMILES string of the molecule is CC1(O)C=CC=C(CCOC2OC(CO)C(O)C(O)C2O)C=C1. The van der Waals surface area contributed by atoms with Crippen LogP contribution in [0.4, 0.5) is 0 Å². The summed E-state index contributed by atoms with van der Waals surface area (Å²) in [5, 5.41) is 48.2. The van der Waals surface area contributed by atoms with Gasteiger partial charge in [0.15, 0.2) is 6.29 Å². The maximum absolute atomic E-state index is 9.88. The molecular formula is C16H24O7. The molecule has 1 aliphatic carbocycles. The minimum Gasteiger partial charge on any atom is -0.394 e. The highest BCUT2D eigenvalue weighted by molar-refractivity contribution is 5.32. The van der Waals surface area contributed by atoms with Crippen molar-refractivity contribution in [1.82, 2.24) is 0 Å². The molecule has 2 rings (SSSR count). The van der Waals surface area contributed by atoms with Gasteiger partial charge in [-0.2, -0.15) is 0 Å². The van der Waals surface area contributed by atoms with Gasteiger partial charge in [0.25, 0.3) is 0 Å². The first-order valence-electron chi connectivity index (χ1n) is 7.56. The molecule has 6 atom stereocenters. The summed E-state index contributed by atoms with van der Waals surface area (Å²) in [6.07, 6.45) is 2.88. The Morgan fingerprint density at radius 3 is 2.61 bits per heavy atom. The van der Waals surface area contributed by atoms with Crippen LogP contribution in [-0.4, -0.2) is 75.1 Å². The van der Waals surface area contributed by atoms with Gasteiger partial charge in [0.1, 0.15) is 24.4 Å². The Morgan fingerprint density at radius 1 is 1.17 bits per heavy atom. The molecule has 0 aromatic carbocycles. The number of allylic oxidation sites excluding steroid dienone is 3. The topological polar surface area (TPSA) is 120 Å². The zero-order valence-corrected chi connectivity index (χ0v) is 12.9. The number of rotatable bonds is 5. The van der Waals surface area contributed by atoms with Crippen LogP contribution in [0.2, 0.25) is 0 Å². The molecule has 2 aliphatic rings. The van der Waals surface area contributed by atoms with Crippen LogP contribution in [0.25, 0.3) is 0 Å². The zero-order valence-electron chi connectivity index (χ0n) is 12.9. The summed E-state index contributed by atoms with van der Waals surface area (Å²) in [7, 11) is 0. The minimum atomic E-state index is -1.44. The van der Waals surface area contributed by atoms with E-state index in [-0.39, 0.29) is 6.61 Å². The van der Waals surface area contributed by atoms with E-state index in [1.807, 2.05) is 6.08 Å². The Labute approximate surface area is 134 Å². The van der Waals surface area contributed by atoms with E-state index >= 15 is 0 Å². The molecule has 5 N–H and O–H groups in total. The molecule has 0 aromatic heterocycles. The third-order valence-electron chi connectivity index (χ3n) is 3.90. The largest absolute Gasteiger partial charge is 0.394 e. The molecule has 0 spiro atoms. The van der Waals surface area contributed by atoms with Gasteiger partial charge in [-0.3, -0.25) is 0 Å². The Hall–Kier alpha value is -1.06. The first-order valence-corrected chi connectivity index (χ1v) is 7.56. The van der Waals surface area contributed by atoms with Crippen molar-refractivity contribution in [2.75, 3.05) is 13.2 Å². The number of aliphatic hydroxyl groups excluding tert-OH is 4. The molecule has 1 heterocycles. The second-order valence-corrected chi connectivity index (χ2v) is 5.98. The molecule has 0 radical (unpaired) electrons. The van der Waals surface area contributed by atoms with Gasteiger partial charge in [-0.25, -0.2) is 0 Å². The van der Waals surface area contributed by atoms with Crippen molar-refractivity contribution in [2.24, 2.45) is 0 Å². The van der Waals surface area contributed by atoms with E-state index in [0.717, 1.165) is 5.57 Å². The van der Waals surface area contributed by atoms with E-state index in [1.165, 1.54) is 0 Å². The predicted molar refractivity (Wildman–Crippen MR) is 81.3 cm³/mol. The lowest BCUT2D eigenvalue weighted by molar-refractivity contribution is -0.300. The third kappa shape index (κ3) is 4.71. The number of hydrogen-bond acceptors (Lipinski definition) is 7. The summed E-state index contributed by atoms with van der Waals surface area (Å²) in [6, 6.07) is 0. The molecule has 0 aromatic rings. The Morgan fingerprint density at radius 2 is 1.91 bits per heavy atom.